The van der Waals surface area contributed by atoms with E-state index < -0.39 is 0 Å². The predicted molar refractivity (Wildman–Crippen MR) is 116 cm³/mol. The number of nitrogens with one attached hydrogen (secondary N) is 1. The Hall–Kier alpha value is -3.13. The van der Waals surface area contributed by atoms with Gasteiger partial charge in [-0.1, -0.05) is 43.5 Å². The van der Waals surface area contributed by atoms with Crippen LogP contribution in [0, 0.1) is 0 Å². The summed E-state index contributed by atoms with van der Waals surface area (Å²) < 4.78 is 5.33. The first-order valence-electron chi connectivity index (χ1n) is 8.86. The quantitative estimate of drug-likeness (QED) is 0.696. The number of fused-ring (bicyclic) bond motifs is 1. The van der Waals surface area contributed by atoms with Crippen molar-refractivity contribution in [3.8, 4) is 11.1 Å². The lowest BCUT2D eigenvalue weighted by Crippen LogP contribution is -2.11. The highest BCUT2D eigenvalue weighted by Crippen LogP contribution is 2.31. The lowest BCUT2D eigenvalue weighted by atomic mass is 9.97. The van der Waals surface area contributed by atoms with Gasteiger partial charge in [-0.25, -0.2) is 0 Å². The minimum atomic E-state index is 0.561. The van der Waals surface area contributed by atoms with Crippen LogP contribution in [0.15, 0.2) is 71.9 Å². The van der Waals surface area contributed by atoms with E-state index in [9.17, 15) is 0 Å². The summed E-state index contributed by atoms with van der Waals surface area (Å²) in [6.07, 6.45) is 6.65. The molecule has 1 aliphatic rings. The van der Waals surface area contributed by atoms with Gasteiger partial charge in [0, 0.05) is 26.3 Å². The van der Waals surface area contributed by atoms with Crippen molar-refractivity contribution in [3.05, 3.63) is 83.6 Å². The first-order chi connectivity index (χ1) is 13.2. The van der Waals surface area contributed by atoms with Crippen LogP contribution in [0.2, 0.25) is 0 Å². The van der Waals surface area contributed by atoms with Crippen LogP contribution in [0.3, 0.4) is 0 Å². The van der Waals surface area contributed by atoms with Crippen molar-refractivity contribution in [2.45, 2.75) is 13.0 Å². The van der Waals surface area contributed by atoms with Gasteiger partial charge in [-0.2, -0.15) is 0 Å². The third-order valence-corrected chi connectivity index (χ3v) is 4.60. The molecule has 0 saturated heterocycles. The Balaban J connectivity index is 2.06. The van der Waals surface area contributed by atoms with E-state index in [-0.39, 0.29) is 0 Å². The van der Waals surface area contributed by atoms with Gasteiger partial charge in [0.1, 0.15) is 5.84 Å². The van der Waals surface area contributed by atoms with E-state index in [1.54, 1.807) is 14.2 Å². The van der Waals surface area contributed by atoms with Crippen LogP contribution in [-0.2, 0) is 11.3 Å². The first kappa shape index (κ1) is 18.7. The topological polar surface area (TPSA) is 33.6 Å². The van der Waals surface area contributed by atoms with Gasteiger partial charge in [-0.15, -0.1) is 5.73 Å². The molecule has 3 rings (SSSR count). The molecule has 1 aliphatic heterocycles. The summed E-state index contributed by atoms with van der Waals surface area (Å²) in [4.78, 5) is 4.37. The van der Waals surface area contributed by atoms with Gasteiger partial charge in [-0.3, -0.25) is 4.99 Å². The zero-order valence-corrected chi connectivity index (χ0v) is 15.9. The maximum absolute atomic E-state index is 5.33. The molecule has 27 heavy (non-hydrogen) atoms. The SMILES string of the molecule is C=C=CC1=Cc2ccc(-c3ccc(C=C)c(COC)c3)cc2NC(=NC)C1. The summed E-state index contributed by atoms with van der Waals surface area (Å²) in [6, 6.07) is 12.8. The third kappa shape index (κ3) is 4.17. The molecule has 3 nitrogen and oxygen atoms in total. The van der Waals surface area contributed by atoms with Crippen molar-refractivity contribution in [3.63, 3.8) is 0 Å². The Morgan fingerprint density at radius 3 is 2.70 bits per heavy atom. The van der Waals surface area contributed by atoms with Gasteiger partial charge in [0.15, 0.2) is 0 Å². The molecule has 2 aromatic carbocycles. The number of allylic oxidation sites excluding steroid dienone is 1. The number of anilines is 1. The van der Waals surface area contributed by atoms with Gasteiger partial charge >= 0.3 is 0 Å². The van der Waals surface area contributed by atoms with Gasteiger partial charge in [-0.05, 0) is 57.7 Å². The average molecular weight is 356 g/mol. The maximum atomic E-state index is 5.33. The molecular weight excluding hydrogens is 332 g/mol. The van der Waals surface area contributed by atoms with Crippen molar-refractivity contribution in [2.24, 2.45) is 4.99 Å². The molecule has 0 bridgehead atoms. The fourth-order valence-corrected chi connectivity index (χ4v) is 3.24. The molecule has 2 aromatic rings. The fourth-order valence-electron chi connectivity index (χ4n) is 3.24. The lowest BCUT2D eigenvalue weighted by molar-refractivity contribution is 0.185. The van der Waals surface area contributed by atoms with E-state index in [0.29, 0.717) is 6.61 Å². The van der Waals surface area contributed by atoms with Crippen molar-refractivity contribution in [2.75, 3.05) is 19.5 Å². The smallest absolute Gasteiger partial charge is 0.105 e. The second kappa shape index (κ2) is 8.50. The van der Waals surface area contributed by atoms with Crippen LogP contribution >= 0.6 is 0 Å². The Bertz CT molecular complexity index is 976. The molecule has 0 saturated carbocycles. The molecule has 0 unspecified atom stereocenters. The van der Waals surface area contributed by atoms with E-state index in [0.717, 1.165) is 51.3 Å². The number of ether oxygens (including phenoxy) is 1. The van der Waals surface area contributed by atoms with E-state index in [1.165, 1.54) is 0 Å². The zero-order chi connectivity index (χ0) is 19.2. The third-order valence-electron chi connectivity index (χ3n) is 4.60. The fraction of sp³-hybridized carbons (Fsp3) is 0.167. The number of methoxy groups -OCH3 is 1. The highest BCUT2D eigenvalue weighted by Gasteiger charge is 2.13. The van der Waals surface area contributed by atoms with E-state index in [1.807, 2.05) is 12.2 Å². The minimum absolute atomic E-state index is 0.561. The summed E-state index contributed by atoms with van der Waals surface area (Å²) in [5.41, 5.74) is 10.7. The predicted octanol–water partition coefficient (Wildman–Crippen LogP) is 5.71. The molecule has 0 fully saturated rings. The van der Waals surface area contributed by atoms with Crippen molar-refractivity contribution >= 4 is 23.7 Å². The average Bonchev–Trinajstić information content (AvgIpc) is 2.86. The standard InChI is InChI=1S/C24H24N2O/c1-5-7-17-12-21-11-10-20(15-23(21)26-24(13-17)25-3)19-9-8-18(6-2)22(14-19)16-27-4/h6-12,14-15H,1-2,13,16H2,3-4H3,(H,25,26). The van der Waals surface area contributed by atoms with Gasteiger partial charge in [0.05, 0.1) is 6.61 Å². The Labute approximate surface area is 161 Å². The second-order valence-corrected chi connectivity index (χ2v) is 6.39. The van der Waals surface area contributed by atoms with E-state index in [2.05, 4.69) is 71.7 Å². The molecule has 0 amide bonds. The molecule has 1 N–H and O–H groups in total. The second-order valence-electron chi connectivity index (χ2n) is 6.39. The van der Waals surface area contributed by atoms with Crippen molar-refractivity contribution in [1.82, 2.24) is 0 Å². The summed E-state index contributed by atoms with van der Waals surface area (Å²) >= 11 is 0. The summed E-state index contributed by atoms with van der Waals surface area (Å²) in [5.74, 6) is 0.922. The van der Waals surface area contributed by atoms with E-state index in [4.69, 9.17) is 4.74 Å². The largest absolute Gasteiger partial charge is 0.380 e. The number of rotatable bonds is 5. The highest BCUT2D eigenvalue weighted by molar-refractivity contribution is 6.02. The molecule has 1 heterocycles. The van der Waals surface area contributed by atoms with Crippen molar-refractivity contribution < 1.29 is 4.74 Å². The maximum Gasteiger partial charge on any atom is 0.105 e. The summed E-state index contributed by atoms with van der Waals surface area (Å²) in [5, 5.41) is 3.46. The summed E-state index contributed by atoms with van der Waals surface area (Å²) in [7, 11) is 3.51. The number of hydrogen-bond donors (Lipinski definition) is 1. The molecule has 3 heteroatoms. The first-order valence-corrected chi connectivity index (χ1v) is 8.86. The Kier molecular flexibility index (Phi) is 5.87. The molecule has 0 atom stereocenters. The van der Waals surface area contributed by atoms with Crippen LogP contribution in [0.25, 0.3) is 23.3 Å². The van der Waals surface area contributed by atoms with Crippen molar-refractivity contribution in [1.29, 1.82) is 0 Å². The monoisotopic (exact) mass is 356 g/mol. The molecule has 0 radical (unpaired) electrons. The number of benzene rings is 2. The Morgan fingerprint density at radius 1 is 1.22 bits per heavy atom. The molecular formula is C24H24N2O. The normalized spacial score (nSPS) is 14.4. The highest BCUT2D eigenvalue weighted by atomic mass is 16.5. The van der Waals surface area contributed by atoms with Crippen LogP contribution in [0.4, 0.5) is 5.69 Å². The molecule has 0 spiro atoms. The van der Waals surface area contributed by atoms with Gasteiger partial charge < -0.3 is 10.1 Å². The minimum Gasteiger partial charge on any atom is -0.380 e. The van der Waals surface area contributed by atoms with E-state index >= 15 is 0 Å². The zero-order valence-electron chi connectivity index (χ0n) is 15.9. The summed E-state index contributed by atoms with van der Waals surface area (Å²) in [6.45, 7) is 8.13. The molecule has 0 aromatic heterocycles. The van der Waals surface area contributed by atoms with Gasteiger partial charge in [0.25, 0.3) is 0 Å². The number of hydrogen-bond acceptors (Lipinski definition) is 2. The van der Waals surface area contributed by atoms with Gasteiger partial charge in [0.2, 0.25) is 0 Å². The molecule has 136 valence electrons. The van der Waals surface area contributed by atoms with Crippen LogP contribution in [-0.4, -0.2) is 20.0 Å². The number of amidine groups is 1. The Morgan fingerprint density at radius 2 is 2.00 bits per heavy atom. The van der Waals surface area contributed by atoms with Crippen LogP contribution in [0.1, 0.15) is 23.1 Å². The number of aliphatic imine (C=N–C) groups is 1. The molecule has 0 aliphatic carbocycles. The number of nitrogens with zero attached hydrogens (tertiary/aromatic N) is 1. The lowest BCUT2D eigenvalue weighted by Gasteiger charge is -2.13. The van der Waals surface area contributed by atoms with Crippen LogP contribution < -0.4 is 5.32 Å². The van der Waals surface area contributed by atoms with Crippen LogP contribution in [0.5, 0.6) is 0 Å².